The number of likely N-dealkylation sites (tertiary alicyclic amines) is 1. The van der Waals surface area contributed by atoms with E-state index in [4.69, 9.17) is 11.5 Å². The Balaban J connectivity index is 1.42. The molecule has 6 N–H and O–H groups in total. The molecule has 3 heterocycles. The fraction of sp³-hybridized carbons (Fsp3) is 0.810. The number of carboxylic acids is 1. The van der Waals surface area contributed by atoms with Gasteiger partial charge in [-0.25, -0.2) is 4.79 Å². The maximum absolute atomic E-state index is 12.5. The lowest BCUT2D eigenvalue weighted by atomic mass is 9.79. The third-order valence-corrected chi connectivity index (χ3v) is 9.19. The second kappa shape index (κ2) is 8.09. The molecule has 0 aromatic rings. The van der Waals surface area contributed by atoms with Gasteiger partial charge in [0.25, 0.3) is 0 Å². The molecule has 4 aliphatic rings. The zero-order chi connectivity index (χ0) is 21.8. The van der Waals surface area contributed by atoms with Crippen LogP contribution in [-0.4, -0.2) is 80.5 Å². The molecule has 0 radical (unpaired) electrons. The number of aliphatic hydroxyl groups excluding tert-OH is 1. The van der Waals surface area contributed by atoms with E-state index in [1.54, 1.807) is 18.7 Å². The predicted molar refractivity (Wildman–Crippen MR) is 115 cm³/mol. The Labute approximate surface area is 182 Å². The number of nitrogens with two attached hydrogens (primary N) is 2. The minimum Gasteiger partial charge on any atom is -0.477 e. The topological polar surface area (TPSA) is 133 Å². The SMILES string of the molecule is C[C@@H](O)[C@H]1C(=O)N2C(C(=O)O)=C(S[C@@H]3CCN(C4CCC(N)(CN)CC4)C3)[C@H](C)[C@H]12. The van der Waals surface area contributed by atoms with Gasteiger partial charge in [0.2, 0.25) is 5.91 Å². The second-order valence-corrected chi connectivity index (χ2v) is 10.9. The first-order chi connectivity index (χ1) is 14.2. The summed E-state index contributed by atoms with van der Waals surface area (Å²) in [6.07, 6.45) is 4.27. The van der Waals surface area contributed by atoms with Crippen LogP contribution in [0.3, 0.4) is 0 Å². The van der Waals surface area contributed by atoms with Crippen molar-refractivity contribution in [1.82, 2.24) is 9.80 Å². The number of aliphatic hydroxyl groups is 1. The number of thioether (sulfide) groups is 1. The van der Waals surface area contributed by atoms with Gasteiger partial charge in [0.05, 0.1) is 18.1 Å². The molecule has 5 atom stereocenters. The van der Waals surface area contributed by atoms with Crippen LogP contribution in [0.1, 0.15) is 46.0 Å². The Hall–Kier alpha value is -1.13. The number of rotatable bonds is 6. The average molecular weight is 439 g/mol. The van der Waals surface area contributed by atoms with Crippen LogP contribution in [-0.2, 0) is 9.59 Å². The van der Waals surface area contributed by atoms with Crippen molar-refractivity contribution < 1.29 is 19.8 Å². The van der Waals surface area contributed by atoms with E-state index in [9.17, 15) is 19.8 Å². The number of hydrogen-bond acceptors (Lipinski definition) is 7. The largest absolute Gasteiger partial charge is 0.477 e. The van der Waals surface area contributed by atoms with Gasteiger partial charge in [-0.15, -0.1) is 11.8 Å². The number of β-lactam (4-membered cyclic amide) rings is 1. The number of amides is 1. The summed E-state index contributed by atoms with van der Waals surface area (Å²) in [4.78, 5) is 29.2. The van der Waals surface area contributed by atoms with E-state index in [2.05, 4.69) is 4.90 Å². The van der Waals surface area contributed by atoms with Crippen LogP contribution >= 0.6 is 11.8 Å². The van der Waals surface area contributed by atoms with Gasteiger partial charge in [0, 0.05) is 40.7 Å². The van der Waals surface area contributed by atoms with Crippen molar-refractivity contribution >= 4 is 23.6 Å². The summed E-state index contributed by atoms with van der Waals surface area (Å²) < 4.78 is 0. The number of hydrogen-bond donors (Lipinski definition) is 4. The first kappa shape index (κ1) is 22.1. The Morgan fingerprint density at radius 1 is 1.33 bits per heavy atom. The summed E-state index contributed by atoms with van der Waals surface area (Å²) in [7, 11) is 0. The number of aliphatic carboxylic acids is 1. The minimum atomic E-state index is -1.05. The maximum atomic E-state index is 12.5. The Kier molecular flexibility index (Phi) is 5.95. The van der Waals surface area contributed by atoms with Crippen LogP contribution in [0.25, 0.3) is 0 Å². The number of carbonyl (C=O) groups is 2. The van der Waals surface area contributed by atoms with Gasteiger partial charge in [-0.05, 0) is 45.6 Å². The van der Waals surface area contributed by atoms with Crippen LogP contribution in [0.5, 0.6) is 0 Å². The smallest absolute Gasteiger partial charge is 0.353 e. The van der Waals surface area contributed by atoms with Crippen LogP contribution in [0.15, 0.2) is 10.6 Å². The third-order valence-electron chi connectivity index (χ3n) is 7.65. The third kappa shape index (κ3) is 3.58. The molecule has 1 aliphatic carbocycles. The van der Waals surface area contributed by atoms with Crippen LogP contribution in [0.2, 0.25) is 0 Å². The van der Waals surface area contributed by atoms with Crippen molar-refractivity contribution in [1.29, 1.82) is 0 Å². The average Bonchev–Trinajstić information content (AvgIpc) is 3.25. The molecule has 3 aliphatic heterocycles. The molecule has 0 aromatic heterocycles. The summed E-state index contributed by atoms with van der Waals surface area (Å²) in [5, 5.41) is 20.1. The van der Waals surface area contributed by atoms with E-state index in [0.29, 0.717) is 17.8 Å². The predicted octanol–water partition coefficient (Wildman–Crippen LogP) is 0.546. The van der Waals surface area contributed by atoms with Gasteiger partial charge in [-0.3, -0.25) is 9.69 Å². The van der Waals surface area contributed by atoms with Crippen molar-refractivity contribution in [2.24, 2.45) is 23.3 Å². The van der Waals surface area contributed by atoms with Crippen molar-refractivity contribution in [3.05, 3.63) is 10.6 Å². The van der Waals surface area contributed by atoms with Crippen molar-refractivity contribution in [3.63, 3.8) is 0 Å². The number of fused-ring (bicyclic) bond motifs is 1. The van der Waals surface area contributed by atoms with Gasteiger partial charge in [-0.2, -0.15) is 0 Å². The van der Waals surface area contributed by atoms with Crippen molar-refractivity contribution in [2.75, 3.05) is 19.6 Å². The molecule has 1 amide bonds. The van der Waals surface area contributed by atoms with Crippen LogP contribution in [0, 0.1) is 11.8 Å². The highest BCUT2D eigenvalue weighted by Gasteiger charge is 2.60. The zero-order valence-corrected chi connectivity index (χ0v) is 18.6. The molecular formula is C21H34N4O4S. The molecule has 9 heteroatoms. The molecule has 0 spiro atoms. The first-order valence-electron chi connectivity index (χ1n) is 11.0. The van der Waals surface area contributed by atoms with E-state index >= 15 is 0 Å². The molecule has 30 heavy (non-hydrogen) atoms. The summed E-state index contributed by atoms with van der Waals surface area (Å²) in [5.41, 5.74) is 12.1. The van der Waals surface area contributed by atoms with Gasteiger partial charge >= 0.3 is 5.97 Å². The standard InChI is InChI=1S/C21H34N4O4S/c1-11-16-15(12(2)26)19(27)25(16)17(20(28)29)18(11)30-14-5-8-24(9-14)13-3-6-21(23,10-22)7-4-13/h11-16,26H,3-10,22-23H2,1-2H3,(H,28,29)/t11-,12-,13?,14-,15-,16-,21?/m1/s1. The Morgan fingerprint density at radius 3 is 2.57 bits per heavy atom. The number of nitrogens with zero attached hydrogens (tertiary/aromatic N) is 2. The van der Waals surface area contributed by atoms with Crippen LogP contribution < -0.4 is 11.5 Å². The second-order valence-electron chi connectivity index (χ2n) is 9.59. The summed E-state index contributed by atoms with van der Waals surface area (Å²) >= 11 is 1.63. The van der Waals surface area contributed by atoms with E-state index < -0.39 is 18.0 Å². The first-order valence-corrected chi connectivity index (χ1v) is 11.9. The molecule has 8 nitrogen and oxygen atoms in total. The molecule has 0 aromatic carbocycles. The molecule has 4 rings (SSSR count). The van der Waals surface area contributed by atoms with E-state index in [0.717, 1.165) is 50.1 Å². The number of carboxylic acid groups (broad SMARTS) is 1. The van der Waals surface area contributed by atoms with Gasteiger partial charge in [0.1, 0.15) is 5.70 Å². The molecule has 1 saturated carbocycles. The highest BCUT2D eigenvalue weighted by atomic mass is 32.2. The molecule has 0 unspecified atom stereocenters. The van der Waals surface area contributed by atoms with E-state index in [-0.39, 0.29) is 29.1 Å². The van der Waals surface area contributed by atoms with E-state index in [1.807, 2.05) is 6.92 Å². The number of carbonyl (C=O) groups excluding carboxylic acids is 1. The Morgan fingerprint density at radius 2 is 2.00 bits per heavy atom. The minimum absolute atomic E-state index is 0.0652. The van der Waals surface area contributed by atoms with E-state index in [1.165, 1.54) is 4.90 Å². The molecule has 168 valence electrons. The van der Waals surface area contributed by atoms with Gasteiger partial charge in [0.15, 0.2) is 0 Å². The lowest BCUT2D eigenvalue weighted by molar-refractivity contribution is -0.163. The fourth-order valence-electron chi connectivity index (χ4n) is 5.79. The summed E-state index contributed by atoms with van der Waals surface area (Å²) in [6, 6.07) is 0.282. The lowest BCUT2D eigenvalue weighted by Gasteiger charge is -2.46. The van der Waals surface area contributed by atoms with Gasteiger partial charge < -0.3 is 26.6 Å². The molecule has 3 fully saturated rings. The van der Waals surface area contributed by atoms with Gasteiger partial charge in [-0.1, -0.05) is 6.92 Å². The molecule has 0 bridgehead atoms. The van der Waals surface area contributed by atoms with Crippen LogP contribution in [0.4, 0.5) is 0 Å². The molecule has 2 saturated heterocycles. The Bertz CT molecular complexity index is 749. The fourth-order valence-corrected chi connectivity index (χ4v) is 7.29. The highest BCUT2D eigenvalue weighted by Crippen LogP contribution is 2.52. The monoisotopic (exact) mass is 438 g/mol. The summed E-state index contributed by atoms with van der Waals surface area (Å²) in [6.45, 7) is 6.06. The van der Waals surface area contributed by atoms with Crippen molar-refractivity contribution in [3.8, 4) is 0 Å². The highest BCUT2D eigenvalue weighted by molar-refractivity contribution is 8.03. The molecular weight excluding hydrogens is 404 g/mol. The quantitative estimate of drug-likeness (QED) is 0.442. The summed E-state index contributed by atoms with van der Waals surface area (Å²) in [5.74, 6) is -1.89. The lowest BCUT2D eigenvalue weighted by Crippen LogP contribution is -2.63. The van der Waals surface area contributed by atoms with Crippen molar-refractivity contribution in [2.45, 2.75) is 74.9 Å². The zero-order valence-electron chi connectivity index (χ0n) is 17.8. The normalized spacial score (nSPS) is 40.5. The maximum Gasteiger partial charge on any atom is 0.353 e.